The number of methoxy groups -OCH3 is 1. The summed E-state index contributed by atoms with van der Waals surface area (Å²) in [4.78, 5) is 12.9. The fourth-order valence-electron chi connectivity index (χ4n) is 3.76. The van der Waals surface area contributed by atoms with Gasteiger partial charge in [0.25, 0.3) is 5.91 Å². The van der Waals surface area contributed by atoms with E-state index in [-0.39, 0.29) is 11.8 Å². The van der Waals surface area contributed by atoms with Crippen LogP contribution in [0.4, 0.5) is 11.4 Å². The maximum atomic E-state index is 12.9. The first-order chi connectivity index (χ1) is 15.6. The van der Waals surface area contributed by atoms with Crippen LogP contribution >= 0.6 is 15.9 Å². The van der Waals surface area contributed by atoms with Crippen molar-refractivity contribution in [3.05, 3.63) is 124 Å². The minimum Gasteiger partial charge on any atom is -0.494 e. The third-order valence-electron chi connectivity index (χ3n) is 5.31. The average Bonchev–Trinajstić information content (AvgIpc) is 2.82. The molecule has 160 valence electrons. The number of benzene rings is 4. The molecular weight excluding hydrogens is 464 g/mol. The van der Waals surface area contributed by atoms with Crippen LogP contribution in [-0.4, -0.2) is 13.0 Å². The van der Waals surface area contributed by atoms with Gasteiger partial charge in [0.15, 0.2) is 0 Å². The smallest absolute Gasteiger partial charge is 0.255 e. The molecule has 0 spiro atoms. The van der Waals surface area contributed by atoms with Crippen molar-refractivity contribution in [3.63, 3.8) is 0 Å². The van der Waals surface area contributed by atoms with Crippen LogP contribution in [0.3, 0.4) is 0 Å². The van der Waals surface area contributed by atoms with Gasteiger partial charge >= 0.3 is 0 Å². The second-order valence-corrected chi connectivity index (χ2v) is 8.26. The first-order valence-electron chi connectivity index (χ1n) is 10.2. The average molecular weight is 487 g/mol. The van der Waals surface area contributed by atoms with Crippen molar-refractivity contribution in [2.45, 2.75) is 5.92 Å². The number of nitrogens with one attached hydrogen (secondary N) is 1. The number of hydrogen-bond acceptors (Lipinski definition) is 3. The summed E-state index contributed by atoms with van der Waals surface area (Å²) >= 11 is 3.45. The minimum absolute atomic E-state index is 0.0841. The van der Waals surface area contributed by atoms with Crippen LogP contribution in [0.2, 0.25) is 0 Å². The van der Waals surface area contributed by atoms with E-state index in [4.69, 9.17) is 10.5 Å². The van der Waals surface area contributed by atoms with E-state index >= 15 is 0 Å². The molecule has 0 atom stereocenters. The Balaban J connectivity index is 1.63. The first-order valence-corrected chi connectivity index (χ1v) is 11.0. The Kier molecular flexibility index (Phi) is 6.57. The largest absolute Gasteiger partial charge is 0.494 e. The zero-order valence-electron chi connectivity index (χ0n) is 17.6. The Morgan fingerprint density at radius 3 is 1.91 bits per heavy atom. The molecular formula is C27H23BrN2O2. The molecule has 4 aromatic rings. The highest BCUT2D eigenvalue weighted by Gasteiger charge is 2.18. The van der Waals surface area contributed by atoms with Crippen molar-refractivity contribution >= 4 is 33.2 Å². The van der Waals surface area contributed by atoms with E-state index in [1.54, 1.807) is 19.2 Å². The van der Waals surface area contributed by atoms with E-state index in [1.165, 1.54) is 11.1 Å². The van der Waals surface area contributed by atoms with Gasteiger partial charge in [0, 0.05) is 27.7 Å². The molecule has 4 aromatic carbocycles. The molecule has 4 rings (SSSR count). The van der Waals surface area contributed by atoms with Gasteiger partial charge in [-0.1, -0.05) is 72.8 Å². The van der Waals surface area contributed by atoms with E-state index in [0.29, 0.717) is 27.2 Å². The van der Waals surface area contributed by atoms with Crippen LogP contribution < -0.4 is 15.8 Å². The number of anilines is 2. The maximum absolute atomic E-state index is 12.9. The van der Waals surface area contributed by atoms with E-state index < -0.39 is 0 Å². The quantitative estimate of drug-likeness (QED) is 0.242. The number of halogens is 1. The van der Waals surface area contributed by atoms with Gasteiger partial charge in [-0.25, -0.2) is 0 Å². The SMILES string of the molecule is COc1cc(N)cc(Br)c1NC(=O)c1ccc(C(c2ccccc2)c2ccccc2)cc1. The monoisotopic (exact) mass is 486 g/mol. The van der Waals surface area contributed by atoms with Crippen molar-refractivity contribution in [2.75, 3.05) is 18.2 Å². The summed E-state index contributed by atoms with van der Waals surface area (Å²) in [6.07, 6.45) is 0. The maximum Gasteiger partial charge on any atom is 0.255 e. The molecule has 0 aromatic heterocycles. The van der Waals surface area contributed by atoms with E-state index in [1.807, 2.05) is 60.7 Å². The van der Waals surface area contributed by atoms with Gasteiger partial charge in [0.1, 0.15) is 5.75 Å². The Morgan fingerprint density at radius 2 is 1.38 bits per heavy atom. The number of nitrogen functional groups attached to an aromatic ring is 1. The number of rotatable bonds is 6. The van der Waals surface area contributed by atoms with Gasteiger partial charge < -0.3 is 15.8 Å². The fourth-order valence-corrected chi connectivity index (χ4v) is 4.32. The zero-order chi connectivity index (χ0) is 22.5. The molecule has 0 saturated heterocycles. The predicted molar refractivity (Wildman–Crippen MR) is 133 cm³/mol. The highest BCUT2D eigenvalue weighted by molar-refractivity contribution is 9.10. The van der Waals surface area contributed by atoms with Gasteiger partial charge in [0.05, 0.1) is 12.8 Å². The highest BCUT2D eigenvalue weighted by Crippen LogP contribution is 2.36. The highest BCUT2D eigenvalue weighted by atomic mass is 79.9. The van der Waals surface area contributed by atoms with Crippen LogP contribution in [0, 0.1) is 0 Å². The van der Waals surface area contributed by atoms with Crippen molar-refractivity contribution in [2.24, 2.45) is 0 Å². The molecule has 5 heteroatoms. The number of nitrogens with two attached hydrogens (primary N) is 1. The van der Waals surface area contributed by atoms with E-state index in [0.717, 1.165) is 5.56 Å². The topological polar surface area (TPSA) is 64.3 Å². The molecule has 0 heterocycles. The summed E-state index contributed by atoms with van der Waals surface area (Å²) in [6.45, 7) is 0. The fraction of sp³-hybridized carbons (Fsp3) is 0.0741. The van der Waals surface area contributed by atoms with E-state index in [9.17, 15) is 4.79 Å². The Labute approximate surface area is 196 Å². The molecule has 0 unspecified atom stereocenters. The Morgan fingerprint density at radius 1 is 0.844 bits per heavy atom. The van der Waals surface area contributed by atoms with Gasteiger partial charge in [0.2, 0.25) is 0 Å². The summed E-state index contributed by atoms with van der Waals surface area (Å²) < 4.78 is 6.03. The van der Waals surface area contributed by atoms with Crippen molar-refractivity contribution in [1.82, 2.24) is 0 Å². The molecule has 0 radical (unpaired) electrons. The first kappa shape index (κ1) is 21.7. The summed E-state index contributed by atoms with van der Waals surface area (Å²) in [6, 6.07) is 31.8. The lowest BCUT2D eigenvalue weighted by atomic mass is 9.85. The van der Waals surface area contributed by atoms with Crippen molar-refractivity contribution in [3.8, 4) is 5.75 Å². The van der Waals surface area contributed by atoms with Crippen LogP contribution in [-0.2, 0) is 0 Å². The normalized spacial score (nSPS) is 10.7. The second-order valence-electron chi connectivity index (χ2n) is 7.41. The van der Waals surface area contributed by atoms with Crippen LogP contribution in [0.5, 0.6) is 5.75 Å². The lowest BCUT2D eigenvalue weighted by molar-refractivity contribution is 0.102. The molecule has 0 aliphatic carbocycles. The number of carbonyl (C=O) groups excluding carboxylic acids is 1. The molecule has 4 nitrogen and oxygen atoms in total. The zero-order valence-corrected chi connectivity index (χ0v) is 19.2. The Hall–Kier alpha value is -3.57. The summed E-state index contributed by atoms with van der Waals surface area (Å²) in [5, 5.41) is 2.92. The van der Waals surface area contributed by atoms with E-state index in [2.05, 4.69) is 45.5 Å². The molecule has 3 N–H and O–H groups in total. The lowest BCUT2D eigenvalue weighted by Gasteiger charge is -2.19. The number of carbonyl (C=O) groups is 1. The lowest BCUT2D eigenvalue weighted by Crippen LogP contribution is -2.13. The van der Waals surface area contributed by atoms with Crippen molar-refractivity contribution in [1.29, 1.82) is 0 Å². The molecule has 0 aliphatic heterocycles. The third kappa shape index (κ3) is 4.68. The van der Waals surface area contributed by atoms with Gasteiger partial charge in [-0.05, 0) is 50.8 Å². The van der Waals surface area contributed by atoms with Gasteiger partial charge in [-0.2, -0.15) is 0 Å². The molecule has 0 fully saturated rings. The van der Waals surface area contributed by atoms with Crippen LogP contribution in [0.25, 0.3) is 0 Å². The Bertz CT molecular complexity index is 1170. The van der Waals surface area contributed by atoms with Crippen LogP contribution in [0.15, 0.2) is 102 Å². The minimum atomic E-state index is -0.226. The summed E-state index contributed by atoms with van der Waals surface area (Å²) in [7, 11) is 1.54. The standard InChI is InChI=1S/C27H23BrN2O2/c1-32-24-17-22(29)16-23(28)26(24)30-27(31)21-14-12-20(13-15-21)25(18-8-4-2-5-9-18)19-10-6-3-7-11-19/h2-17,25H,29H2,1H3,(H,30,31). The third-order valence-corrected chi connectivity index (χ3v) is 5.93. The molecule has 32 heavy (non-hydrogen) atoms. The molecule has 0 saturated carbocycles. The summed E-state index contributed by atoms with van der Waals surface area (Å²) in [5.74, 6) is 0.354. The number of ether oxygens (including phenoxy) is 1. The van der Waals surface area contributed by atoms with Crippen LogP contribution in [0.1, 0.15) is 33.0 Å². The molecule has 1 amide bonds. The molecule has 0 bridgehead atoms. The number of amides is 1. The van der Waals surface area contributed by atoms with Gasteiger partial charge in [-0.3, -0.25) is 4.79 Å². The predicted octanol–water partition coefficient (Wildman–Crippen LogP) is 6.47. The molecule has 0 aliphatic rings. The number of hydrogen-bond donors (Lipinski definition) is 2. The van der Waals surface area contributed by atoms with Gasteiger partial charge in [-0.15, -0.1) is 0 Å². The van der Waals surface area contributed by atoms with Crippen molar-refractivity contribution < 1.29 is 9.53 Å². The second kappa shape index (κ2) is 9.71. The summed E-state index contributed by atoms with van der Waals surface area (Å²) in [5.41, 5.74) is 11.0.